The number of fused-ring (bicyclic) bond motifs is 1. The summed E-state index contributed by atoms with van der Waals surface area (Å²) in [7, 11) is -28.9. The van der Waals surface area contributed by atoms with Gasteiger partial charge in [0.2, 0.25) is 0 Å². The monoisotopic (exact) mass is 922 g/mol. The van der Waals surface area contributed by atoms with Gasteiger partial charge in [0, 0.05) is 0 Å². The number of benzene rings is 1. The van der Waals surface area contributed by atoms with Gasteiger partial charge in [0.1, 0.15) is 0 Å². The maximum atomic E-state index is 10.4. The standard InChI is InChI=1S/C14H23N6OP.6FH2O3P/c1-17-11-12-18(2)22(17,19-9-5-6-10-19)21-20-14-8-4-3-7-13(14)15-16-20;6*1-5(2,3)4/h3-4,7-8,22H,5-6,9-12H2,1-2H3;6*(H2,2,3,4). The molecule has 38 heteroatoms. The third-order valence-electron chi connectivity index (χ3n) is 4.81. The Morgan fingerprint density at radius 1 is 0.577 bits per heavy atom. The molecule has 1 aromatic carbocycles. The molecule has 0 bridgehead atoms. The minimum atomic E-state index is -5.14. The molecule has 2 aliphatic rings. The molecule has 2 saturated heterocycles. The third kappa shape index (κ3) is 38.9. The molecule has 0 atom stereocenters. The number of rotatable bonds is 3. The average Bonchev–Trinajstić information content (AvgIpc) is 3.55. The Hall–Kier alpha value is -0.790. The van der Waals surface area contributed by atoms with Crippen LogP contribution >= 0.6 is 55.4 Å². The van der Waals surface area contributed by atoms with Gasteiger partial charge in [0.15, 0.2) is 0 Å². The van der Waals surface area contributed by atoms with Crippen LogP contribution in [0.25, 0.3) is 11.0 Å². The van der Waals surface area contributed by atoms with Crippen LogP contribution in [0.5, 0.6) is 0 Å². The molecule has 2 aromatic rings. The van der Waals surface area contributed by atoms with E-state index in [1.165, 1.54) is 12.8 Å². The maximum Gasteiger partial charge on any atom is 0.507 e. The molecule has 12 N–H and O–H groups in total. The van der Waals surface area contributed by atoms with Gasteiger partial charge in [-0.1, -0.05) is 0 Å². The Morgan fingerprint density at radius 2 is 0.865 bits per heavy atom. The van der Waals surface area contributed by atoms with Crippen molar-refractivity contribution in [3.63, 3.8) is 0 Å². The van der Waals surface area contributed by atoms with Crippen LogP contribution in [0.4, 0.5) is 25.2 Å². The number of halogens is 6. The topological polar surface area (TPSA) is 395 Å². The maximum absolute atomic E-state index is 10.4. The summed E-state index contributed by atoms with van der Waals surface area (Å²) in [5.74, 6) is 0. The van der Waals surface area contributed by atoms with Crippen LogP contribution in [-0.2, 0) is 27.4 Å². The average molecular weight is 922 g/mol. The molecule has 2 fully saturated rings. The van der Waals surface area contributed by atoms with Gasteiger partial charge in [0.05, 0.1) is 0 Å². The quantitative estimate of drug-likeness (QED) is 0.153. The minimum Gasteiger partial charge on any atom is -0.299 e. The number of hydrogen-bond donors (Lipinski definition) is 12. The first-order chi connectivity index (χ1) is 22.7. The van der Waals surface area contributed by atoms with Crippen molar-refractivity contribution >= 4 is 66.4 Å². The summed E-state index contributed by atoms with van der Waals surface area (Å²) in [6.45, 7) is 4.28. The first kappa shape index (κ1) is 55.5. The first-order valence-electron chi connectivity index (χ1n) is 12.4. The fourth-order valence-corrected chi connectivity index (χ4v) is 7.59. The molecular formula is C14H35F6N6O19P7. The molecule has 1 aromatic heterocycles. The van der Waals surface area contributed by atoms with Crippen molar-refractivity contribution in [1.29, 1.82) is 0 Å². The van der Waals surface area contributed by atoms with E-state index in [-0.39, 0.29) is 0 Å². The molecule has 52 heavy (non-hydrogen) atoms. The zero-order valence-corrected chi connectivity index (χ0v) is 32.3. The van der Waals surface area contributed by atoms with Crippen LogP contribution in [0.1, 0.15) is 12.8 Å². The summed E-state index contributed by atoms with van der Waals surface area (Å²) in [4.78, 5) is 85.2. The van der Waals surface area contributed by atoms with Gasteiger partial charge in [-0.25, -0.2) is 27.4 Å². The Balaban J connectivity index is -0.000000659. The fourth-order valence-electron chi connectivity index (χ4n) is 3.60. The van der Waals surface area contributed by atoms with E-state index in [4.69, 9.17) is 90.7 Å². The fraction of sp³-hybridized carbons (Fsp3) is 0.571. The van der Waals surface area contributed by atoms with Crippen molar-refractivity contribution in [3.8, 4) is 0 Å². The SMILES string of the molecule is CN1CCN(C)[PH]1(On1nnc2ccccc21)N1CCCC1.O=P(O)(O)F.O=P(O)(O)F.O=P(O)(O)F.O=P(O)(O)F.O=P(O)(O)F.O=P(O)(O)F. The molecule has 2 aliphatic heterocycles. The molecule has 25 nitrogen and oxygen atoms in total. The molecular weight excluding hydrogens is 887 g/mol. The summed E-state index contributed by atoms with van der Waals surface area (Å²) in [6.07, 6.45) is 2.50. The number of para-hydroxylation sites is 1. The van der Waals surface area contributed by atoms with Crippen molar-refractivity contribution < 1.29 is 116 Å². The molecule has 4 rings (SSSR count). The van der Waals surface area contributed by atoms with Crippen molar-refractivity contribution in [2.24, 2.45) is 0 Å². The largest absolute Gasteiger partial charge is 0.507 e. The van der Waals surface area contributed by atoms with E-state index in [9.17, 15) is 25.2 Å². The van der Waals surface area contributed by atoms with Crippen molar-refractivity contribution in [2.75, 3.05) is 40.3 Å². The predicted molar refractivity (Wildman–Crippen MR) is 167 cm³/mol. The van der Waals surface area contributed by atoms with E-state index in [1.807, 2.05) is 24.3 Å². The molecule has 0 radical (unpaired) electrons. The normalized spacial score (nSPS) is 17.4. The second kappa shape index (κ2) is 23.3. The van der Waals surface area contributed by atoms with Crippen LogP contribution in [0.2, 0.25) is 0 Å². The van der Waals surface area contributed by atoms with Gasteiger partial charge in [-0.2, -0.15) is 0 Å². The summed E-state index contributed by atoms with van der Waals surface area (Å²) >= 11 is 0. The molecule has 0 spiro atoms. The number of aromatic nitrogens is 3. The van der Waals surface area contributed by atoms with E-state index in [0.717, 1.165) is 37.2 Å². The van der Waals surface area contributed by atoms with Crippen LogP contribution in [0.3, 0.4) is 0 Å². The molecule has 0 unspecified atom stereocenters. The second-order valence-corrected chi connectivity index (χ2v) is 18.2. The smallest absolute Gasteiger partial charge is 0.299 e. The van der Waals surface area contributed by atoms with Crippen LogP contribution in [0.15, 0.2) is 24.3 Å². The van der Waals surface area contributed by atoms with Crippen molar-refractivity contribution in [3.05, 3.63) is 24.3 Å². The van der Waals surface area contributed by atoms with E-state index in [2.05, 4.69) is 38.4 Å². The van der Waals surface area contributed by atoms with Gasteiger partial charge >= 0.3 is 178 Å². The van der Waals surface area contributed by atoms with Gasteiger partial charge in [0.25, 0.3) is 0 Å². The van der Waals surface area contributed by atoms with E-state index < -0.39 is 55.4 Å². The van der Waals surface area contributed by atoms with Gasteiger partial charge < -0.3 is 0 Å². The summed E-state index contributed by atoms with van der Waals surface area (Å²) in [6, 6.07) is 7.95. The Kier molecular flexibility index (Phi) is 24.9. The van der Waals surface area contributed by atoms with Crippen molar-refractivity contribution in [2.45, 2.75) is 12.8 Å². The van der Waals surface area contributed by atoms with Crippen LogP contribution in [-0.4, -0.2) is 128 Å². The van der Waals surface area contributed by atoms with Gasteiger partial charge in [-0.3, -0.25) is 58.7 Å². The summed E-state index contributed by atoms with van der Waals surface area (Å²) in [5, 5.41) is 8.47. The molecule has 0 amide bonds. The first-order valence-corrected chi connectivity index (χ1v) is 23.2. The molecule has 3 heterocycles. The zero-order chi connectivity index (χ0) is 42.2. The summed E-state index contributed by atoms with van der Waals surface area (Å²) in [5.41, 5.74) is 1.80. The van der Waals surface area contributed by atoms with E-state index in [0.29, 0.717) is 0 Å². The molecule has 0 aliphatic carbocycles. The van der Waals surface area contributed by atoms with E-state index >= 15 is 0 Å². The number of likely N-dealkylation sites (N-methyl/N-ethyl adjacent to an activating group) is 2. The third-order valence-corrected chi connectivity index (χ3v) is 8.94. The number of hydrogen-bond acceptors (Lipinski definition) is 12. The van der Waals surface area contributed by atoms with Crippen LogP contribution < -0.4 is 4.62 Å². The minimum absolute atomic E-state index is 0.872. The molecule has 0 saturated carbocycles. The van der Waals surface area contributed by atoms with Crippen LogP contribution in [0, 0.1) is 0 Å². The molecule has 312 valence electrons. The second-order valence-electron chi connectivity index (χ2n) is 8.99. The van der Waals surface area contributed by atoms with E-state index in [1.54, 1.807) is 4.85 Å². The summed E-state index contributed by atoms with van der Waals surface area (Å²) < 4.78 is 128. The Morgan fingerprint density at radius 3 is 1.17 bits per heavy atom. The zero-order valence-electron chi connectivity index (χ0n) is 25.9. The van der Waals surface area contributed by atoms with Crippen molar-refractivity contribution in [1.82, 2.24) is 29.2 Å². The van der Waals surface area contributed by atoms with Gasteiger partial charge in [-0.05, 0) is 0 Å². The Labute approximate surface area is 289 Å². The van der Waals surface area contributed by atoms with Gasteiger partial charge in [-0.15, -0.1) is 25.2 Å². The Bertz CT molecular complexity index is 1410. The predicted octanol–water partition coefficient (Wildman–Crippen LogP) is 1.53. The number of nitrogens with zero attached hydrogens (tertiary/aromatic N) is 6.